The van der Waals surface area contributed by atoms with E-state index in [2.05, 4.69) is 38.9 Å². The number of rotatable bonds is 6. The molecule has 0 fully saturated rings. The van der Waals surface area contributed by atoms with Gasteiger partial charge in [0.2, 0.25) is 0 Å². The topological polar surface area (TPSA) is 59.6 Å². The molecule has 0 bridgehead atoms. The van der Waals surface area contributed by atoms with Gasteiger partial charge in [-0.3, -0.25) is 0 Å². The number of benzene rings is 1. The van der Waals surface area contributed by atoms with E-state index in [9.17, 15) is 4.79 Å². The predicted molar refractivity (Wildman–Crippen MR) is 103 cm³/mol. The maximum atomic E-state index is 12.2. The molecule has 0 spiro atoms. The van der Waals surface area contributed by atoms with Crippen molar-refractivity contribution in [2.75, 3.05) is 19.5 Å². The summed E-state index contributed by atoms with van der Waals surface area (Å²) in [6, 6.07) is 9.23. The van der Waals surface area contributed by atoms with E-state index in [1.807, 2.05) is 0 Å². The van der Waals surface area contributed by atoms with E-state index in [-0.39, 0.29) is 6.03 Å². The normalized spacial score (nSPS) is 10.3. The van der Waals surface area contributed by atoms with Gasteiger partial charge in [-0.1, -0.05) is 6.07 Å². The number of carbonyl (C=O) groups excluding carboxylic acids is 1. The molecule has 2 heterocycles. The van der Waals surface area contributed by atoms with Crippen LogP contribution in [0.25, 0.3) is 11.1 Å². The predicted octanol–water partition coefficient (Wildman–Crippen LogP) is 4.82. The lowest BCUT2D eigenvalue weighted by Crippen LogP contribution is -2.28. The van der Waals surface area contributed by atoms with Gasteiger partial charge in [0.1, 0.15) is 0 Å². The number of amides is 2. The van der Waals surface area contributed by atoms with Crippen molar-refractivity contribution in [3.8, 4) is 22.6 Å². The standard InChI is InChI=1S/C18H18N2O3S2/c1-22-16-5-3-4-15(17(16)23-2)20-18(21)19-9-14-8-13(11-25-14)12-6-7-24-10-12/h3-8,10-11H,9H2,1-2H3,(H2,19,20,21). The third kappa shape index (κ3) is 4.12. The van der Waals surface area contributed by atoms with Crippen LogP contribution in [0.1, 0.15) is 4.88 Å². The Labute approximate surface area is 154 Å². The molecule has 5 nitrogen and oxygen atoms in total. The van der Waals surface area contributed by atoms with Crippen LogP contribution in [-0.2, 0) is 6.54 Å². The summed E-state index contributed by atoms with van der Waals surface area (Å²) in [5.74, 6) is 1.06. The van der Waals surface area contributed by atoms with Crippen LogP contribution in [0.4, 0.5) is 10.5 Å². The molecular weight excluding hydrogens is 356 g/mol. The first kappa shape index (κ1) is 17.3. The highest BCUT2D eigenvalue weighted by Crippen LogP contribution is 2.34. The Bertz CT molecular complexity index is 844. The van der Waals surface area contributed by atoms with Crippen LogP contribution < -0.4 is 20.1 Å². The highest BCUT2D eigenvalue weighted by molar-refractivity contribution is 7.10. The Morgan fingerprint density at radius 3 is 2.72 bits per heavy atom. The molecule has 0 unspecified atom stereocenters. The van der Waals surface area contributed by atoms with Crippen LogP contribution in [0.3, 0.4) is 0 Å². The van der Waals surface area contributed by atoms with Crippen LogP contribution in [0.2, 0.25) is 0 Å². The van der Waals surface area contributed by atoms with Gasteiger partial charge in [0, 0.05) is 4.88 Å². The molecule has 0 atom stereocenters. The van der Waals surface area contributed by atoms with Crippen molar-refractivity contribution >= 4 is 34.4 Å². The molecule has 0 radical (unpaired) electrons. The van der Waals surface area contributed by atoms with E-state index in [1.54, 1.807) is 55.1 Å². The number of hydrogen-bond donors (Lipinski definition) is 2. The van der Waals surface area contributed by atoms with Gasteiger partial charge in [-0.2, -0.15) is 11.3 Å². The number of carbonyl (C=O) groups is 1. The Hall–Kier alpha value is -2.51. The second kappa shape index (κ2) is 8.04. The molecule has 2 amide bonds. The van der Waals surface area contributed by atoms with E-state index < -0.39 is 0 Å². The van der Waals surface area contributed by atoms with E-state index >= 15 is 0 Å². The number of urea groups is 1. The van der Waals surface area contributed by atoms with Gasteiger partial charge in [-0.05, 0) is 51.5 Å². The molecule has 0 saturated heterocycles. The van der Waals surface area contributed by atoms with Crippen molar-refractivity contribution in [1.29, 1.82) is 0 Å². The van der Waals surface area contributed by atoms with Crippen molar-refractivity contribution in [3.63, 3.8) is 0 Å². The fourth-order valence-electron chi connectivity index (χ4n) is 2.37. The van der Waals surface area contributed by atoms with Crippen LogP contribution in [0, 0.1) is 0 Å². The first-order valence-electron chi connectivity index (χ1n) is 7.57. The molecule has 3 rings (SSSR count). The highest BCUT2D eigenvalue weighted by atomic mass is 32.1. The molecule has 0 aliphatic rings. The van der Waals surface area contributed by atoms with Gasteiger partial charge >= 0.3 is 6.03 Å². The van der Waals surface area contributed by atoms with E-state index in [0.717, 1.165) is 4.88 Å². The van der Waals surface area contributed by atoms with Crippen LogP contribution in [-0.4, -0.2) is 20.3 Å². The smallest absolute Gasteiger partial charge is 0.319 e. The highest BCUT2D eigenvalue weighted by Gasteiger charge is 2.12. The quantitative estimate of drug-likeness (QED) is 0.651. The van der Waals surface area contributed by atoms with Crippen molar-refractivity contribution in [1.82, 2.24) is 5.32 Å². The number of thiophene rings is 2. The summed E-state index contributed by atoms with van der Waals surface area (Å²) >= 11 is 3.30. The second-order valence-corrected chi connectivity index (χ2v) is 6.94. The van der Waals surface area contributed by atoms with Crippen LogP contribution in [0.15, 0.2) is 46.5 Å². The number of anilines is 1. The lowest BCUT2D eigenvalue weighted by Gasteiger charge is -2.13. The molecule has 2 aromatic heterocycles. The minimum atomic E-state index is -0.294. The van der Waals surface area contributed by atoms with Crippen molar-refractivity contribution < 1.29 is 14.3 Å². The SMILES string of the molecule is COc1cccc(NC(=O)NCc2cc(-c3ccsc3)cs2)c1OC. The number of ether oxygens (including phenoxy) is 2. The average Bonchev–Trinajstić information content (AvgIpc) is 3.31. The zero-order chi connectivity index (χ0) is 17.6. The lowest BCUT2D eigenvalue weighted by atomic mass is 10.2. The van der Waals surface area contributed by atoms with Gasteiger partial charge in [-0.25, -0.2) is 4.79 Å². The monoisotopic (exact) mass is 374 g/mol. The summed E-state index contributed by atoms with van der Waals surface area (Å²) in [5, 5.41) is 11.9. The largest absolute Gasteiger partial charge is 0.493 e. The number of methoxy groups -OCH3 is 2. The lowest BCUT2D eigenvalue weighted by molar-refractivity contribution is 0.251. The Morgan fingerprint density at radius 2 is 2.00 bits per heavy atom. The average molecular weight is 374 g/mol. The molecule has 2 N–H and O–H groups in total. The van der Waals surface area contributed by atoms with Crippen LogP contribution in [0.5, 0.6) is 11.5 Å². The van der Waals surface area contributed by atoms with Crippen molar-refractivity contribution in [2.24, 2.45) is 0 Å². The maximum absolute atomic E-state index is 12.2. The molecule has 0 saturated carbocycles. The molecule has 0 aliphatic carbocycles. The van der Waals surface area contributed by atoms with E-state index in [4.69, 9.17) is 9.47 Å². The summed E-state index contributed by atoms with van der Waals surface area (Å²) in [5.41, 5.74) is 2.94. The van der Waals surface area contributed by atoms with Crippen molar-refractivity contribution in [2.45, 2.75) is 6.54 Å². The molecule has 25 heavy (non-hydrogen) atoms. The fourth-order valence-corrected chi connectivity index (χ4v) is 3.87. The van der Waals surface area contributed by atoms with Gasteiger partial charge in [-0.15, -0.1) is 11.3 Å². The third-order valence-electron chi connectivity index (χ3n) is 3.58. The molecular formula is C18H18N2O3S2. The summed E-state index contributed by atoms with van der Waals surface area (Å²) in [4.78, 5) is 13.3. The molecule has 7 heteroatoms. The van der Waals surface area contributed by atoms with E-state index in [1.165, 1.54) is 11.1 Å². The molecule has 3 aromatic rings. The van der Waals surface area contributed by atoms with E-state index in [0.29, 0.717) is 23.7 Å². The van der Waals surface area contributed by atoms with Gasteiger partial charge < -0.3 is 20.1 Å². The van der Waals surface area contributed by atoms with Gasteiger partial charge in [0.15, 0.2) is 11.5 Å². The third-order valence-corrected chi connectivity index (χ3v) is 5.20. The molecule has 1 aromatic carbocycles. The van der Waals surface area contributed by atoms with Crippen LogP contribution >= 0.6 is 22.7 Å². The fraction of sp³-hybridized carbons (Fsp3) is 0.167. The maximum Gasteiger partial charge on any atom is 0.319 e. The molecule has 130 valence electrons. The zero-order valence-electron chi connectivity index (χ0n) is 13.9. The second-order valence-electron chi connectivity index (χ2n) is 5.16. The number of para-hydroxylation sites is 1. The minimum Gasteiger partial charge on any atom is -0.493 e. The number of nitrogens with one attached hydrogen (secondary N) is 2. The van der Waals surface area contributed by atoms with Gasteiger partial charge in [0.05, 0.1) is 26.5 Å². The summed E-state index contributed by atoms with van der Waals surface area (Å²) in [6.45, 7) is 0.465. The Balaban J connectivity index is 1.60. The zero-order valence-corrected chi connectivity index (χ0v) is 15.5. The number of hydrogen-bond acceptors (Lipinski definition) is 5. The Morgan fingerprint density at radius 1 is 1.12 bits per heavy atom. The summed E-state index contributed by atoms with van der Waals surface area (Å²) in [7, 11) is 3.10. The Kier molecular flexibility index (Phi) is 5.57. The minimum absolute atomic E-state index is 0.294. The summed E-state index contributed by atoms with van der Waals surface area (Å²) in [6.07, 6.45) is 0. The molecule has 0 aliphatic heterocycles. The first-order valence-corrected chi connectivity index (χ1v) is 9.39. The first-order chi connectivity index (χ1) is 12.2. The van der Waals surface area contributed by atoms with Crippen molar-refractivity contribution in [3.05, 3.63) is 51.3 Å². The van der Waals surface area contributed by atoms with Gasteiger partial charge in [0.25, 0.3) is 0 Å². The summed E-state index contributed by atoms with van der Waals surface area (Å²) < 4.78 is 10.5.